The van der Waals surface area contributed by atoms with Crippen molar-refractivity contribution < 1.29 is 14.7 Å². The zero-order valence-corrected chi connectivity index (χ0v) is 11.6. The highest BCUT2D eigenvalue weighted by Crippen LogP contribution is 2.18. The van der Waals surface area contributed by atoms with Gasteiger partial charge in [0, 0.05) is 19.6 Å². The van der Waals surface area contributed by atoms with Crippen molar-refractivity contribution >= 4 is 12.0 Å². The first kappa shape index (κ1) is 14.8. The van der Waals surface area contributed by atoms with E-state index in [1.165, 1.54) is 4.90 Å². The lowest BCUT2D eigenvalue weighted by Gasteiger charge is -2.35. The third-order valence-electron chi connectivity index (χ3n) is 3.61. The van der Waals surface area contributed by atoms with Crippen LogP contribution >= 0.6 is 0 Å². The van der Waals surface area contributed by atoms with E-state index in [0.717, 1.165) is 25.7 Å². The molecule has 1 atom stereocenters. The standard InChI is InChI=1S/C13H24N2O3/c1-10(2)14(3)13(18)15-9-7-5-4-6-8-11(15)12(16)17/h10-11H,4-9H2,1-3H3,(H,16,17). The summed E-state index contributed by atoms with van der Waals surface area (Å²) in [7, 11) is 1.73. The van der Waals surface area contributed by atoms with Gasteiger partial charge in [-0.15, -0.1) is 0 Å². The summed E-state index contributed by atoms with van der Waals surface area (Å²) in [5, 5.41) is 9.28. The van der Waals surface area contributed by atoms with Crippen molar-refractivity contribution in [1.82, 2.24) is 9.80 Å². The van der Waals surface area contributed by atoms with Gasteiger partial charge in [0.25, 0.3) is 0 Å². The summed E-state index contributed by atoms with van der Waals surface area (Å²) in [6.45, 7) is 4.41. The highest BCUT2D eigenvalue weighted by molar-refractivity contribution is 5.82. The average molecular weight is 256 g/mol. The van der Waals surface area contributed by atoms with Gasteiger partial charge in [-0.05, 0) is 26.7 Å². The van der Waals surface area contributed by atoms with Crippen molar-refractivity contribution in [3.8, 4) is 0 Å². The van der Waals surface area contributed by atoms with Gasteiger partial charge in [0.1, 0.15) is 6.04 Å². The Hall–Kier alpha value is -1.26. The molecule has 1 rings (SSSR count). The van der Waals surface area contributed by atoms with E-state index in [1.807, 2.05) is 13.8 Å². The number of urea groups is 1. The van der Waals surface area contributed by atoms with E-state index in [-0.39, 0.29) is 12.1 Å². The summed E-state index contributed by atoms with van der Waals surface area (Å²) in [6.07, 6.45) is 4.47. The topological polar surface area (TPSA) is 60.9 Å². The van der Waals surface area contributed by atoms with Crippen molar-refractivity contribution in [2.45, 2.75) is 58.0 Å². The molecule has 18 heavy (non-hydrogen) atoms. The van der Waals surface area contributed by atoms with Crippen LogP contribution in [0.4, 0.5) is 4.79 Å². The number of amides is 2. The Morgan fingerprint density at radius 2 is 1.83 bits per heavy atom. The molecule has 5 heteroatoms. The Balaban J connectivity index is 2.83. The van der Waals surface area contributed by atoms with E-state index in [1.54, 1.807) is 11.9 Å². The molecule has 1 aliphatic heterocycles. The van der Waals surface area contributed by atoms with Crippen LogP contribution in [0.15, 0.2) is 0 Å². The smallest absolute Gasteiger partial charge is 0.326 e. The molecule has 0 bridgehead atoms. The van der Waals surface area contributed by atoms with Gasteiger partial charge >= 0.3 is 12.0 Å². The molecule has 0 radical (unpaired) electrons. The van der Waals surface area contributed by atoms with Crippen molar-refractivity contribution in [3.63, 3.8) is 0 Å². The summed E-state index contributed by atoms with van der Waals surface area (Å²) in [4.78, 5) is 26.8. The molecule has 0 spiro atoms. The number of rotatable bonds is 2. The van der Waals surface area contributed by atoms with Crippen molar-refractivity contribution in [1.29, 1.82) is 0 Å². The molecule has 5 nitrogen and oxygen atoms in total. The average Bonchev–Trinajstić information content (AvgIpc) is 2.26. The Bertz CT molecular complexity index is 305. The quantitative estimate of drug-likeness (QED) is 0.823. The first-order valence-corrected chi connectivity index (χ1v) is 6.71. The fourth-order valence-corrected chi connectivity index (χ4v) is 2.19. The number of aliphatic carboxylic acids is 1. The van der Waals surface area contributed by atoms with Gasteiger partial charge in [0.2, 0.25) is 0 Å². The molecular formula is C13H24N2O3. The van der Waals surface area contributed by atoms with E-state index < -0.39 is 12.0 Å². The van der Waals surface area contributed by atoms with Crippen LogP contribution in [0.1, 0.15) is 46.0 Å². The number of nitrogens with zero attached hydrogens (tertiary/aromatic N) is 2. The van der Waals surface area contributed by atoms with Crippen LogP contribution in [0.3, 0.4) is 0 Å². The second-order valence-electron chi connectivity index (χ2n) is 5.24. The predicted molar refractivity (Wildman–Crippen MR) is 69.5 cm³/mol. The maximum atomic E-state index is 12.3. The lowest BCUT2D eigenvalue weighted by molar-refractivity contribution is -0.142. The molecule has 1 fully saturated rings. The molecular weight excluding hydrogens is 232 g/mol. The number of hydrogen-bond acceptors (Lipinski definition) is 2. The largest absolute Gasteiger partial charge is 0.480 e. The van der Waals surface area contributed by atoms with E-state index in [4.69, 9.17) is 0 Å². The van der Waals surface area contributed by atoms with Gasteiger partial charge in [-0.25, -0.2) is 9.59 Å². The SMILES string of the molecule is CC(C)N(C)C(=O)N1CCCCCCC1C(=O)O. The van der Waals surface area contributed by atoms with E-state index in [9.17, 15) is 14.7 Å². The van der Waals surface area contributed by atoms with Crippen molar-refractivity contribution in [2.75, 3.05) is 13.6 Å². The van der Waals surface area contributed by atoms with Crippen molar-refractivity contribution in [2.24, 2.45) is 0 Å². The second kappa shape index (κ2) is 6.61. The Labute approximate surface area is 109 Å². The van der Waals surface area contributed by atoms with Crippen LogP contribution in [0.25, 0.3) is 0 Å². The summed E-state index contributed by atoms with van der Waals surface area (Å²) >= 11 is 0. The molecule has 1 aliphatic rings. The maximum Gasteiger partial charge on any atom is 0.326 e. The molecule has 1 unspecified atom stereocenters. The molecule has 0 aliphatic carbocycles. The van der Waals surface area contributed by atoms with E-state index in [0.29, 0.717) is 13.0 Å². The fraction of sp³-hybridized carbons (Fsp3) is 0.846. The summed E-state index contributed by atoms with van der Waals surface area (Å²) in [5.41, 5.74) is 0. The Morgan fingerprint density at radius 3 is 2.39 bits per heavy atom. The maximum absolute atomic E-state index is 12.3. The van der Waals surface area contributed by atoms with Crippen LogP contribution < -0.4 is 0 Å². The summed E-state index contributed by atoms with van der Waals surface area (Å²) < 4.78 is 0. The van der Waals surface area contributed by atoms with Gasteiger partial charge in [0.15, 0.2) is 0 Å². The second-order valence-corrected chi connectivity index (χ2v) is 5.24. The van der Waals surface area contributed by atoms with Gasteiger partial charge < -0.3 is 14.9 Å². The zero-order chi connectivity index (χ0) is 13.7. The number of hydrogen-bond donors (Lipinski definition) is 1. The fourth-order valence-electron chi connectivity index (χ4n) is 2.19. The van der Waals surface area contributed by atoms with Crippen LogP contribution in [0, 0.1) is 0 Å². The van der Waals surface area contributed by atoms with Crippen LogP contribution in [-0.4, -0.2) is 52.6 Å². The number of carboxylic acids is 1. The molecule has 0 saturated carbocycles. The molecule has 0 aromatic rings. The number of carboxylic acid groups (broad SMARTS) is 1. The molecule has 1 heterocycles. The van der Waals surface area contributed by atoms with E-state index >= 15 is 0 Å². The minimum atomic E-state index is -0.887. The van der Waals surface area contributed by atoms with Gasteiger partial charge in [-0.3, -0.25) is 0 Å². The molecule has 1 N–H and O–H groups in total. The normalized spacial score (nSPS) is 21.3. The molecule has 0 aromatic carbocycles. The summed E-state index contributed by atoms with van der Waals surface area (Å²) in [5.74, 6) is -0.887. The van der Waals surface area contributed by atoms with Crippen molar-refractivity contribution in [3.05, 3.63) is 0 Å². The number of carbonyl (C=O) groups excluding carboxylic acids is 1. The molecule has 0 aromatic heterocycles. The lowest BCUT2D eigenvalue weighted by atomic mass is 10.0. The van der Waals surface area contributed by atoms with E-state index in [2.05, 4.69) is 0 Å². The first-order chi connectivity index (χ1) is 8.45. The Morgan fingerprint density at radius 1 is 1.22 bits per heavy atom. The zero-order valence-electron chi connectivity index (χ0n) is 11.6. The highest BCUT2D eigenvalue weighted by atomic mass is 16.4. The first-order valence-electron chi connectivity index (χ1n) is 6.71. The van der Waals surface area contributed by atoms with Crippen LogP contribution in [0.2, 0.25) is 0 Å². The third kappa shape index (κ3) is 3.62. The van der Waals surface area contributed by atoms with Gasteiger partial charge in [-0.1, -0.05) is 19.3 Å². The minimum Gasteiger partial charge on any atom is -0.480 e. The monoisotopic (exact) mass is 256 g/mol. The van der Waals surface area contributed by atoms with Gasteiger partial charge in [0.05, 0.1) is 0 Å². The third-order valence-corrected chi connectivity index (χ3v) is 3.61. The minimum absolute atomic E-state index is 0.0809. The summed E-state index contributed by atoms with van der Waals surface area (Å²) in [6, 6.07) is -0.754. The molecule has 1 saturated heterocycles. The lowest BCUT2D eigenvalue weighted by Crippen LogP contribution is -2.52. The highest BCUT2D eigenvalue weighted by Gasteiger charge is 2.32. The van der Waals surface area contributed by atoms with Crippen LogP contribution in [-0.2, 0) is 4.79 Å². The number of carbonyl (C=O) groups is 2. The molecule has 104 valence electrons. The van der Waals surface area contributed by atoms with Crippen LogP contribution in [0.5, 0.6) is 0 Å². The Kier molecular flexibility index (Phi) is 5.44. The van der Waals surface area contributed by atoms with Gasteiger partial charge in [-0.2, -0.15) is 0 Å². The molecule has 2 amide bonds. The predicted octanol–water partition coefficient (Wildman–Crippen LogP) is 2.17. The number of likely N-dealkylation sites (tertiary alicyclic amines) is 1.